The van der Waals surface area contributed by atoms with Crippen LogP contribution < -0.4 is 4.90 Å². The highest BCUT2D eigenvalue weighted by molar-refractivity contribution is 6.27. The number of rotatable bonds is 2. The maximum Gasteiger partial charge on any atom is 0.337 e. The van der Waals surface area contributed by atoms with Crippen LogP contribution in [0.4, 0.5) is 5.82 Å². The Morgan fingerprint density at radius 2 is 1.81 bits per heavy atom. The number of carbonyl (C=O) groups is 3. The van der Waals surface area contributed by atoms with Crippen molar-refractivity contribution in [3.05, 3.63) is 36.0 Å². The zero-order valence-corrected chi connectivity index (χ0v) is 7.95. The van der Waals surface area contributed by atoms with Gasteiger partial charge in [-0.05, 0) is 12.1 Å². The summed E-state index contributed by atoms with van der Waals surface area (Å²) in [5.41, 5.74) is -0.00389. The van der Waals surface area contributed by atoms with Gasteiger partial charge in [0.05, 0.1) is 5.56 Å². The number of imide groups is 1. The summed E-state index contributed by atoms with van der Waals surface area (Å²) in [6, 6.07) is 2.59. The summed E-state index contributed by atoms with van der Waals surface area (Å²) in [6.45, 7) is 0. The van der Waals surface area contributed by atoms with Gasteiger partial charge in [0, 0.05) is 18.3 Å². The molecule has 0 spiro atoms. The molecule has 0 bridgehead atoms. The van der Waals surface area contributed by atoms with E-state index in [9.17, 15) is 14.4 Å². The summed E-state index contributed by atoms with van der Waals surface area (Å²) >= 11 is 0. The molecule has 1 aromatic heterocycles. The maximum absolute atomic E-state index is 11.3. The molecule has 6 heteroatoms. The number of pyridine rings is 1. The van der Waals surface area contributed by atoms with Crippen molar-refractivity contribution in [1.82, 2.24) is 4.98 Å². The van der Waals surface area contributed by atoms with Gasteiger partial charge in [-0.2, -0.15) is 0 Å². The van der Waals surface area contributed by atoms with E-state index in [0.717, 1.165) is 23.2 Å². The minimum atomic E-state index is -1.11. The number of aromatic carboxylic acids is 1. The van der Waals surface area contributed by atoms with Crippen LogP contribution in [0.25, 0.3) is 0 Å². The summed E-state index contributed by atoms with van der Waals surface area (Å²) in [6.07, 6.45) is 3.36. The van der Waals surface area contributed by atoms with Gasteiger partial charge in [0.1, 0.15) is 5.82 Å². The fraction of sp³-hybridized carbons (Fsp3) is 0. The van der Waals surface area contributed by atoms with E-state index in [1.165, 1.54) is 12.1 Å². The SMILES string of the molecule is O=C(O)c1ccc(N2C(=O)C=CC2=O)nc1. The van der Waals surface area contributed by atoms with Crippen LogP contribution in [0.15, 0.2) is 30.5 Å². The van der Waals surface area contributed by atoms with Gasteiger partial charge in [-0.25, -0.2) is 14.7 Å². The molecule has 16 heavy (non-hydrogen) atoms. The first-order valence-corrected chi connectivity index (χ1v) is 4.35. The van der Waals surface area contributed by atoms with Crippen molar-refractivity contribution in [2.45, 2.75) is 0 Å². The molecule has 1 aliphatic heterocycles. The molecule has 2 rings (SSSR count). The normalized spacial score (nSPS) is 14.6. The molecular formula is C10H6N2O4. The highest BCUT2D eigenvalue weighted by Gasteiger charge is 2.26. The standard InChI is InChI=1S/C10H6N2O4/c13-8-3-4-9(14)12(8)7-2-1-6(5-11-7)10(15)16/h1-5H,(H,15,16). The van der Waals surface area contributed by atoms with E-state index in [2.05, 4.69) is 4.98 Å². The predicted molar refractivity (Wildman–Crippen MR) is 52.8 cm³/mol. The fourth-order valence-corrected chi connectivity index (χ4v) is 1.27. The Hall–Kier alpha value is -2.50. The highest BCUT2D eigenvalue weighted by atomic mass is 16.4. The second kappa shape index (κ2) is 3.58. The zero-order valence-electron chi connectivity index (χ0n) is 7.95. The Labute approximate surface area is 89.8 Å². The minimum absolute atomic E-state index is 0.00389. The highest BCUT2D eigenvalue weighted by Crippen LogP contribution is 2.16. The first-order valence-electron chi connectivity index (χ1n) is 4.35. The molecule has 1 aliphatic rings. The van der Waals surface area contributed by atoms with Gasteiger partial charge in [-0.3, -0.25) is 9.59 Å². The smallest absolute Gasteiger partial charge is 0.337 e. The maximum atomic E-state index is 11.3. The third-order valence-corrected chi connectivity index (χ3v) is 2.03. The van der Waals surface area contributed by atoms with E-state index in [1.54, 1.807) is 0 Å². The Bertz CT molecular complexity index is 486. The van der Waals surface area contributed by atoms with Gasteiger partial charge < -0.3 is 5.11 Å². The molecule has 0 saturated heterocycles. The molecule has 2 heterocycles. The lowest BCUT2D eigenvalue weighted by Gasteiger charge is -2.11. The molecular weight excluding hydrogens is 212 g/mol. The lowest BCUT2D eigenvalue weighted by Crippen LogP contribution is -2.30. The van der Waals surface area contributed by atoms with Crippen LogP contribution in [0, 0.1) is 0 Å². The van der Waals surface area contributed by atoms with Gasteiger partial charge >= 0.3 is 5.97 Å². The second-order valence-electron chi connectivity index (χ2n) is 3.06. The summed E-state index contributed by atoms with van der Waals surface area (Å²) in [5, 5.41) is 8.65. The van der Waals surface area contributed by atoms with Gasteiger partial charge in [0.25, 0.3) is 11.8 Å². The number of carboxylic acids is 1. The first kappa shape index (κ1) is 10.0. The van der Waals surface area contributed by atoms with Crippen molar-refractivity contribution in [3.63, 3.8) is 0 Å². The second-order valence-corrected chi connectivity index (χ2v) is 3.06. The van der Waals surface area contributed by atoms with Gasteiger partial charge in [-0.1, -0.05) is 0 Å². The van der Waals surface area contributed by atoms with Crippen molar-refractivity contribution < 1.29 is 19.5 Å². The minimum Gasteiger partial charge on any atom is -0.478 e. The van der Waals surface area contributed by atoms with Crippen molar-refractivity contribution >= 4 is 23.6 Å². The Kier molecular flexibility index (Phi) is 2.24. The van der Waals surface area contributed by atoms with E-state index in [1.807, 2.05) is 0 Å². The lowest BCUT2D eigenvalue weighted by atomic mass is 10.3. The summed E-state index contributed by atoms with van der Waals surface area (Å²) in [5.74, 6) is -1.97. The van der Waals surface area contributed by atoms with Crippen LogP contribution in [0.5, 0.6) is 0 Å². The Morgan fingerprint density at radius 3 is 2.25 bits per heavy atom. The molecule has 0 fully saturated rings. The molecule has 0 saturated carbocycles. The summed E-state index contributed by atoms with van der Waals surface area (Å²) < 4.78 is 0. The van der Waals surface area contributed by atoms with E-state index >= 15 is 0 Å². The number of hydrogen-bond donors (Lipinski definition) is 1. The number of nitrogens with zero attached hydrogens (tertiary/aromatic N) is 2. The molecule has 0 radical (unpaired) electrons. The van der Waals surface area contributed by atoms with E-state index in [-0.39, 0.29) is 11.4 Å². The van der Waals surface area contributed by atoms with Crippen LogP contribution in [0.2, 0.25) is 0 Å². The number of carbonyl (C=O) groups excluding carboxylic acids is 2. The molecule has 1 N–H and O–H groups in total. The molecule has 6 nitrogen and oxygen atoms in total. The monoisotopic (exact) mass is 218 g/mol. The lowest BCUT2D eigenvalue weighted by molar-refractivity contribution is -0.120. The molecule has 0 unspecified atom stereocenters. The van der Waals surface area contributed by atoms with Gasteiger partial charge in [-0.15, -0.1) is 0 Å². The molecule has 2 amide bonds. The zero-order chi connectivity index (χ0) is 11.7. The predicted octanol–water partition coefficient (Wildman–Crippen LogP) is 0.209. The number of carboxylic acid groups (broad SMARTS) is 1. The van der Waals surface area contributed by atoms with Crippen molar-refractivity contribution in [2.75, 3.05) is 4.90 Å². The number of hydrogen-bond acceptors (Lipinski definition) is 4. The summed E-state index contributed by atoms with van der Waals surface area (Å²) in [7, 11) is 0. The average Bonchev–Trinajstić information content (AvgIpc) is 2.59. The third kappa shape index (κ3) is 1.56. The van der Waals surface area contributed by atoms with Crippen LogP contribution in [-0.2, 0) is 9.59 Å². The molecule has 80 valence electrons. The first-order chi connectivity index (χ1) is 7.59. The van der Waals surface area contributed by atoms with E-state index in [0.29, 0.717) is 0 Å². The van der Waals surface area contributed by atoms with Gasteiger partial charge in [0.15, 0.2) is 0 Å². The Balaban J connectivity index is 2.32. The number of amides is 2. The third-order valence-electron chi connectivity index (χ3n) is 2.03. The van der Waals surface area contributed by atoms with E-state index < -0.39 is 17.8 Å². The molecule has 1 aromatic rings. The summed E-state index contributed by atoms with van der Waals surface area (Å²) in [4.78, 5) is 37.7. The number of anilines is 1. The molecule has 0 aromatic carbocycles. The van der Waals surface area contributed by atoms with Crippen molar-refractivity contribution in [2.24, 2.45) is 0 Å². The quantitative estimate of drug-likeness (QED) is 0.717. The van der Waals surface area contributed by atoms with E-state index in [4.69, 9.17) is 5.11 Å². The topological polar surface area (TPSA) is 87.6 Å². The van der Waals surface area contributed by atoms with Crippen molar-refractivity contribution in [3.8, 4) is 0 Å². The fourth-order valence-electron chi connectivity index (χ4n) is 1.27. The van der Waals surface area contributed by atoms with Crippen LogP contribution in [0.3, 0.4) is 0 Å². The molecule has 0 atom stereocenters. The van der Waals surface area contributed by atoms with Crippen LogP contribution in [0.1, 0.15) is 10.4 Å². The van der Waals surface area contributed by atoms with Crippen molar-refractivity contribution in [1.29, 1.82) is 0 Å². The van der Waals surface area contributed by atoms with Crippen LogP contribution >= 0.6 is 0 Å². The molecule has 0 aliphatic carbocycles. The van der Waals surface area contributed by atoms with Crippen LogP contribution in [-0.4, -0.2) is 27.9 Å². The Morgan fingerprint density at radius 1 is 1.19 bits per heavy atom. The average molecular weight is 218 g/mol. The number of aromatic nitrogens is 1. The largest absolute Gasteiger partial charge is 0.478 e. The van der Waals surface area contributed by atoms with Gasteiger partial charge in [0.2, 0.25) is 0 Å².